The number of amides is 2. The topological polar surface area (TPSA) is 37.4 Å². The molecule has 2 aromatic rings. The van der Waals surface area contributed by atoms with Crippen molar-refractivity contribution in [2.24, 2.45) is 0 Å². The molecule has 2 amide bonds. The van der Waals surface area contributed by atoms with E-state index >= 15 is 0 Å². The van der Waals surface area contributed by atoms with Gasteiger partial charge in [0.2, 0.25) is 0 Å². The monoisotopic (exact) mass is 301 g/mol. The Morgan fingerprint density at radius 3 is 2.40 bits per heavy atom. The van der Waals surface area contributed by atoms with Crippen LogP contribution in [0.3, 0.4) is 0 Å². The fourth-order valence-corrected chi connectivity index (χ4v) is 3.84. The number of thioether (sulfide) groups is 1. The minimum atomic E-state index is -0.229. The molecule has 0 saturated heterocycles. The molecule has 1 aliphatic rings. The van der Waals surface area contributed by atoms with E-state index in [0.717, 1.165) is 9.77 Å². The minimum Gasteiger partial charge on any atom is -0.277 e. The number of imide groups is 1. The van der Waals surface area contributed by atoms with E-state index in [1.54, 1.807) is 0 Å². The van der Waals surface area contributed by atoms with Crippen LogP contribution in [0.25, 0.3) is 5.57 Å². The Bertz CT molecular complexity index is 690. The molecule has 0 unspecified atom stereocenters. The molecule has 0 saturated carbocycles. The zero-order chi connectivity index (χ0) is 14.1. The maximum absolute atomic E-state index is 12.3. The van der Waals surface area contributed by atoms with E-state index < -0.39 is 0 Å². The van der Waals surface area contributed by atoms with Gasteiger partial charge in [0.15, 0.2) is 0 Å². The molecule has 0 radical (unpaired) electrons. The van der Waals surface area contributed by atoms with Gasteiger partial charge < -0.3 is 0 Å². The first kappa shape index (κ1) is 13.1. The molecule has 0 fully saturated rings. The Kier molecular flexibility index (Phi) is 3.46. The van der Waals surface area contributed by atoms with Crippen LogP contribution in [-0.4, -0.2) is 23.8 Å². The molecule has 0 aliphatic carbocycles. The van der Waals surface area contributed by atoms with Crippen molar-refractivity contribution in [2.75, 3.05) is 7.05 Å². The van der Waals surface area contributed by atoms with Crippen molar-refractivity contribution in [3.8, 4) is 0 Å². The second kappa shape index (κ2) is 5.26. The third kappa shape index (κ3) is 2.19. The van der Waals surface area contributed by atoms with Gasteiger partial charge in [-0.05, 0) is 23.6 Å². The molecular formula is C15H11NO2S2. The lowest BCUT2D eigenvalue weighted by molar-refractivity contribution is -0.134. The zero-order valence-corrected chi connectivity index (χ0v) is 12.3. The molecule has 0 bridgehead atoms. The number of carbonyl (C=O) groups is 2. The molecule has 1 aromatic heterocycles. The molecule has 5 heteroatoms. The SMILES string of the molecule is CN1C(=O)C(Sc2ccccc2)=C(c2cccs2)C1=O. The van der Waals surface area contributed by atoms with E-state index in [9.17, 15) is 9.59 Å². The van der Waals surface area contributed by atoms with Crippen LogP contribution in [0.1, 0.15) is 4.88 Å². The number of carbonyl (C=O) groups excluding carboxylic acids is 2. The van der Waals surface area contributed by atoms with Crippen LogP contribution in [0.4, 0.5) is 0 Å². The number of likely N-dealkylation sites (N-methyl/N-ethyl adjacent to an activating group) is 1. The molecule has 1 aromatic carbocycles. The van der Waals surface area contributed by atoms with Gasteiger partial charge in [-0.2, -0.15) is 0 Å². The number of hydrogen-bond donors (Lipinski definition) is 0. The summed E-state index contributed by atoms with van der Waals surface area (Å²) < 4.78 is 0. The third-order valence-electron chi connectivity index (χ3n) is 2.98. The molecule has 3 rings (SSSR count). The lowest BCUT2D eigenvalue weighted by atomic mass is 10.2. The van der Waals surface area contributed by atoms with Crippen molar-refractivity contribution < 1.29 is 9.59 Å². The van der Waals surface area contributed by atoms with Gasteiger partial charge in [-0.15, -0.1) is 11.3 Å². The van der Waals surface area contributed by atoms with E-state index in [4.69, 9.17) is 0 Å². The zero-order valence-electron chi connectivity index (χ0n) is 10.7. The summed E-state index contributed by atoms with van der Waals surface area (Å²) in [4.78, 5) is 28.0. The fraction of sp³-hybridized carbons (Fsp3) is 0.0667. The van der Waals surface area contributed by atoms with Crippen LogP contribution in [-0.2, 0) is 9.59 Å². The smallest absolute Gasteiger partial charge is 0.268 e. The molecule has 2 heterocycles. The highest BCUT2D eigenvalue weighted by Gasteiger charge is 2.37. The fourth-order valence-electron chi connectivity index (χ4n) is 1.96. The van der Waals surface area contributed by atoms with Crippen LogP contribution >= 0.6 is 23.1 Å². The quantitative estimate of drug-likeness (QED) is 0.817. The summed E-state index contributed by atoms with van der Waals surface area (Å²) in [6, 6.07) is 13.4. The Balaban J connectivity index is 2.07. The lowest BCUT2D eigenvalue weighted by Gasteiger charge is -2.06. The third-order valence-corrected chi connectivity index (χ3v) is 4.95. The van der Waals surface area contributed by atoms with Crippen molar-refractivity contribution in [3.05, 3.63) is 57.6 Å². The largest absolute Gasteiger partial charge is 0.277 e. The number of nitrogens with zero attached hydrogens (tertiary/aromatic N) is 1. The van der Waals surface area contributed by atoms with Crippen molar-refractivity contribution in [3.63, 3.8) is 0 Å². The highest BCUT2D eigenvalue weighted by Crippen LogP contribution is 2.40. The first-order valence-electron chi connectivity index (χ1n) is 6.02. The molecule has 100 valence electrons. The van der Waals surface area contributed by atoms with E-state index in [1.165, 1.54) is 35.0 Å². The van der Waals surface area contributed by atoms with Gasteiger partial charge in [0, 0.05) is 16.8 Å². The highest BCUT2D eigenvalue weighted by atomic mass is 32.2. The van der Waals surface area contributed by atoms with Crippen molar-refractivity contribution in [2.45, 2.75) is 4.90 Å². The predicted molar refractivity (Wildman–Crippen MR) is 81.3 cm³/mol. The Labute approximate surface area is 124 Å². The van der Waals surface area contributed by atoms with Gasteiger partial charge in [0.05, 0.1) is 10.5 Å². The average Bonchev–Trinajstić information content (AvgIpc) is 3.05. The first-order chi connectivity index (χ1) is 9.68. The lowest BCUT2D eigenvalue weighted by Crippen LogP contribution is -2.26. The molecular weight excluding hydrogens is 290 g/mol. The standard InChI is InChI=1S/C15H11NO2S2/c1-16-14(17)12(11-8-5-9-19-11)13(15(16)18)20-10-6-3-2-4-7-10/h2-9H,1H3. The van der Waals surface area contributed by atoms with E-state index in [-0.39, 0.29) is 11.8 Å². The first-order valence-corrected chi connectivity index (χ1v) is 7.71. The normalized spacial score (nSPS) is 15.3. The van der Waals surface area contributed by atoms with Gasteiger partial charge >= 0.3 is 0 Å². The molecule has 0 N–H and O–H groups in total. The van der Waals surface area contributed by atoms with Gasteiger partial charge in [-0.25, -0.2) is 0 Å². The maximum Gasteiger partial charge on any atom is 0.268 e. The van der Waals surface area contributed by atoms with Gasteiger partial charge in [-0.3, -0.25) is 14.5 Å². The summed E-state index contributed by atoms with van der Waals surface area (Å²) >= 11 is 2.82. The van der Waals surface area contributed by atoms with Gasteiger partial charge in [0.1, 0.15) is 0 Å². The Morgan fingerprint density at radius 2 is 1.75 bits per heavy atom. The van der Waals surface area contributed by atoms with Crippen LogP contribution < -0.4 is 0 Å². The van der Waals surface area contributed by atoms with E-state index in [2.05, 4.69) is 0 Å². The molecule has 1 aliphatic heterocycles. The molecule has 3 nitrogen and oxygen atoms in total. The summed E-state index contributed by atoms with van der Waals surface area (Å²) in [6.07, 6.45) is 0. The summed E-state index contributed by atoms with van der Waals surface area (Å²) in [7, 11) is 1.52. The van der Waals surface area contributed by atoms with Gasteiger partial charge in [0.25, 0.3) is 11.8 Å². The maximum atomic E-state index is 12.3. The number of hydrogen-bond acceptors (Lipinski definition) is 4. The number of thiophene rings is 1. The molecule has 20 heavy (non-hydrogen) atoms. The number of rotatable bonds is 3. The average molecular weight is 301 g/mol. The van der Waals surface area contributed by atoms with Crippen LogP contribution in [0.15, 0.2) is 57.6 Å². The molecule has 0 spiro atoms. The van der Waals surface area contributed by atoms with Crippen molar-refractivity contribution >= 4 is 40.5 Å². The summed E-state index contributed by atoms with van der Waals surface area (Å²) in [5, 5.41) is 1.91. The summed E-state index contributed by atoms with van der Waals surface area (Å²) in [5.74, 6) is -0.455. The van der Waals surface area contributed by atoms with E-state index in [0.29, 0.717) is 10.5 Å². The van der Waals surface area contributed by atoms with Crippen molar-refractivity contribution in [1.82, 2.24) is 4.90 Å². The summed E-state index contributed by atoms with van der Waals surface area (Å²) in [6.45, 7) is 0. The second-order valence-electron chi connectivity index (χ2n) is 4.27. The van der Waals surface area contributed by atoms with Crippen LogP contribution in [0.5, 0.6) is 0 Å². The Hall–Kier alpha value is -1.85. The molecule has 0 atom stereocenters. The minimum absolute atomic E-state index is 0.226. The highest BCUT2D eigenvalue weighted by molar-refractivity contribution is 8.04. The number of benzene rings is 1. The Morgan fingerprint density at radius 1 is 1.00 bits per heavy atom. The summed E-state index contributed by atoms with van der Waals surface area (Å²) in [5.41, 5.74) is 0.515. The van der Waals surface area contributed by atoms with Crippen molar-refractivity contribution in [1.29, 1.82) is 0 Å². The van der Waals surface area contributed by atoms with Gasteiger partial charge in [-0.1, -0.05) is 36.0 Å². The van der Waals surface area contributed by atoms with Crippen LogP contribution in [0.2, 0.25) is 0 Å². The van der Waals surface area contributed by atoms with E-state index in [1.807, 2.05) is 47.8 Å². The predicted octanol–water partition coefficient (Wildman–Crippen LogP) is 3.25. The van der Waals surface area contributed by atoms with Crippen LogP contribution in [0, 0.1) is 0 Å². The second-order valence-corrected chi connectivity index (χ2v) is 6.30.